The van der Waals surface area contributed by atoms with Crippen molar-refractivity contribution in [3.63, 3.8) is 0 Å². The molecule has 0 heterocycles. The van der Waals surface area contributed by atoms with Crippen LogP contribution in [0, 0.1) is 11.6 Å². The van der Waals surface area contributed by atoms with Crippen molar-refractivity contribution in [3.05, 3.63) is 58.6 Å². The Morgan fingerprint density at radius 2 is 1.67 bits per heavy atom. The molecule has 1 N–H and O–H groups in total. The Morgan fingerprint density at radius 3 is 2.22 bits per heavy atom. The van der Waals surface area contributed by atoms with Crippen LogP contribution in [0.15, 0.2) is 36.4 Å². The van der Waals surface area contributed by atoms with E-state index in [2.05, 4.69) is 0 Å². The van der Waals surface area contributed by atoms with Crippen LogP contribution in [-0.2, 0) is 6.61 Å². The highest BCUT2D eigenvalue weighted by Crippen LogP contribution is 2.27. The number of hydrogen-bond donors (Lipinski definition) is 1. The van der Waals surface area contributed by atoms with E-state index in [-0.39, 0.29) is 12.4 Å². The molecular formula is C13H9ClF2O2. The van der Waals surface area contributed by atoms with E-state index in [1.807, 2.05) is 0 Å². The Hall–Kier alpha value is -1.65. The van der Waals surface area contributed by atoms with E-state index in [4.69, 9.17) is 21.4 Å². The van der Waals surface area contributed by atoms with Gasteiger partial charge in [0.2, 0.25) is 0 Å². The van der Waals surface area contributed by atoms with E-state index in [0.717, 1.165) is 18.2 Å². The van der Waals surface area contributed by atoms with Crippen molar-refractivity contribution in [2.24, 2.45) is 0 Å². The normalized spacial score (nSPS) is 10.4. The molecule has 2 rings (SSSR count). The molecule has 0 spiro atoms. The minimum absolute atomic E-state index is 0.0420. The third kappa shape index (κ3) is 2.97. The van der Waals surface area contributed by atoms with Gasteiger partial charge in [0, 0.05) is 23.2 Å². The molecule has 0 radical (unpaired) electrons. The number of hydrogen-bond acceptors (Lipinski definition) is 2. The highest BCUT2D eigenvalue weighted by Gasteiger charge is 2.05. The summed E-state index contributed by atoms with van der Waals surface area (Å²) in [5.41, 5.74) is 0.550. The van der Waals surface area contributed by atoms with E-state index in [9.17, 15) is 8.78 Å². The highest BCUT2D eigenvalue weighted by molar-refractivity contribution is 6.31. The van der Waals surface area contributed by atoms with Crippen LogP contribution in [0.1, 0.15) is 5.56 Å². The fraction of sp³-hybridized carbons (Fsp3) is 0.0769. The van der Waals surface area contributed by atoms with E-state index in [0.29, 0.717) is 16.3 Å². The molecule has 18 heavy (non-hydrogen) atoms. The first-order valence-corrected chi connectivity index (χ1v) is 5.49. The van der Waals surface area contributed by atoms with Crippen molar-refractivity contribution >= 4 is 11.6 Å². The number of benzene rings is 2. The topological polar surface area (TPSA) is 29.5 Å². The van der Waals surface area contributed by atoms with Crippen LogP contribution in [0.4, 0.5) is 8.78 Å². The molecule has 0 saturated heterocycles. The first-order valence-electron chi connectivity index (χ1n) is 5.12. The summed E-state index contributed by atoms with van der Waals surface area (Å²) >= 11 is 5.87. The van der Waals surface area contributed by atoms with Crippen molar-refractivity contribution in [3.8, 4) is 11.5 Å². The van der Waals surface area contributed by atoms with Gasteiger partial charge in [0.25, 0.3) is 0 Å². The van der Waals surface area contributed by atoms with Crippen LogP contribution in [0.5, 0.6) is 11.5 Å². The maximum absolute atomic E-state index is 12.9. The number of aliphatic hydroxyl groups is 1. The van der Waals surface area contributed by atoms with Gasteiger partial charge in [-0.2, -0.15) is 0 Å². The Labute approximate surface area is 107 Å². The fourth-order valence-corrected chi connectivity index (χ4v) is 1.67. The lowest BCUT2D eigenvalue weighted by atomic mass is 10.2. The quantitative estimate of drug-likeness (QED) is 0.916. The standard InChI is InChI=1S/C13H9ClF2O2/c14-13-6-11(2-1-8(13)7-17)18-12-4-9(15)3-10(16)5-12/h1-6,17H,7H2. The Bertz CT molecular complexity index is 553. The lowest BCUT2D eigenvalue weighted by molar-refractivity contribution is 0.282. The van der Waals surface area contributed by atoms with E-state index < -0.39 is 11.6 Å². The van der Waals surface area contributed by atoms with Crippen LogP contribution >= 0.6 is 11.6 Å². The van der Waals surface area contributed by atoms with Gasteiger partial charge in [-0.05, 0) is 17.7 Å². The van der Waals surface area contributed by atoms with Gasteiger partial charge in [0.1, 0.15) is 23.1 Å². The Kier molecular flexibility index (Phi) is 3.79. The van der Waals surface area contributed by atoms with Crippen LogP contribution in [0.2, 0.25) is 5.02 Å². The zero-order chi connectivity index (χ0) is 13.1. The summed E-state index contributed by atoms with van der Waals surface area (Å²) in [7, 11) is 0. The zero-order valence-corrected chi connectivity index (χ0v) is 9.92. The summed E-state index contributed by atoms with van der Waals surface area (Å²) in [5, 5.41) is 9.27. The van der Waals surface area contributed by atoms with Gasteiger partial charge >= 0.3 is 0 Å². The van der Waals surface area contributed by atoms with Crippen LogP contribution in [0.3, 0.4) is 0 Å². The van der Waals surface area contributed by atoms with Gasteiger partial charge < -0.3 is 9.84 Å². The Balaban J connectivity index is 2.25. The maximum atomic E-state index is 12.9. The predicted octanol–water partition coefficient (Wildman–Crippen LogP) is 3.90. The molecule has 2 aromatic carbocycles. The molecule has 94 valence electrons. The van der Waals surface area contributed by atoms with Crippen LogP contribution in [-0.4, -0.2) is 5.11 Å². The summed E-state index contributed by atoms with van der Waals surface area (Å²) in [4.78, 5) is 0. The monoisotopic (exact) mass is 270 g/mol. The average molecular weight is 271 g/mol. The van der Waals surface area contributed by atoms with Crippen molar-refractivity contribution in [1.29, 1.82) is 0 Å². The molecule has 0 aliphatic carbocycles. The first-order chi connectivity index (χ1) is 8.58. The van der Waals surface area contributed by atoms with Crippen molar-refractivity contribution in [2.75, 3.05) is 0 Å². The second kappa shape index (κ2) is 5.33. The smallest absolute Gasteiger partial charge is 0.133 e. The van der Waals surface area contributed by atoms with Gasteiger partial charge in [-0.3, -0.25) is 0 Å². The predicted molar refractivity (Wildman–Crippen MR) is 63.8 cm³/mol. The molecule has 2 nitrogen and oxygen atoms in total. The molecule has 0 aromatic heterocycles. The first kappa shape index (κ1) is 12.8. The fourth-order valence-electron chi connectivity index (χ4n) is 1.44. The molecule has 5 heteroatoms. The Morgan fingerprint density at radius 1 is 1.00 bits per heavy atom. The molecule has 0 saturated carbocycles. The van der Waals surface area contributed by atoms with E-state index in [1.54, 1.807) is 12.1 Å². The summed E-state index contributed by atoms with van der Waals surface area (Å²) in [6.07, 6.45) is 0. The van der Waals surface area contributed by atoms with Crippen LogP contribution in [0.25, 0.3) is 0 Å². The van der Waals surface area contributed by atoms with Crippen molar-refractivity contribution in [2.45, 2.75) is 6.61 Å². The molecule has 2 aromatic rings. The third-order valence-corrected chi connectivity index (χ3v) is 2.62. The van der Waals surface area contributed by atoms with Crippen molar-refractivity contribution < 1.29 is 18.6 Å². The number of ether oxygens (including phenoxy) is 1. The molecule has 0 fully saturated rings. The highest BCUT2D eigenvalue weighted by atomic mass is 35.5. The van der Waals surface area contributed by atoms with Gasteiger partial charge in [0.15, 0.2) is 0 Å². The van der Waals surface area contributed by atoms with Crippen molar-refractivity contribution in [1.82, 2.24) is 0 Å². The maximum Gasteiger partial charge on any atom is 0.133 e. The molecule has 0 aliphatic rings. The molecule has 0 bridgehead atoms. The molecule has 0 atom stereocenters. The summed E-state index contributed by atoms with van der Waals surface area (Å²) < 4.78 is 31.2. The van der Waals surface area contributed by atoms with Gasteiger partial charge in [0.05, 0.1) is 6.61 Å². The van der Waals surface area contributed by atoms with E-state index >= 15 is 0 Å². The minimum Gasteiger partial charge on any atom is -0.457 e. The van der Waals surface area contributed by atoms with E-state index in [1.165, 1.54) is 6.07 Å². The molecule has 0 amide bonds. The second-order valence-corrected chi connectivity index (χ2v) is 4.03. The SMILES string of the molecule is OCc1ccc(Oc2cc(F)cc(F)c2)cc1Cl. The summed E-state index contributed by atoms with van der Waals surface area (Å²) in [6.45, 7) is -0.187. The number of halogens is 3. The van der Waals surface area contributed by atoms with Gasteiger partial charge in [-0.15, -0.1) is 0 Å². The number of aliphatic hydroxyl groups excluding tert-OH is 1. The third-order valence-electron chi connectivity index (χ3n) is 2.27. The molecule has 0 unspecified atom stereocenters. The largest absolute Gasteiger partial charge is 0.457 e. The van der Waals surface area contributed by atoms with Gasteiger partial charge in [-0.25, -0.2) is 8.78 Å². The number of rotatable bonds is 3. The molecule has 0 aliphatic heterocycles. The average Bonchev–Trinajstić information content (AvgIpc) is 2.27. The minimum atomic E-state index is -0.719. The molecular weight excluding hydrogens is 262 g/mol. The summed E-state index contributed by atoms with van der Waals surface area (Å²) in [6, 6.07) is 7.49. The zero-order valence-electron chi connectivity index (χ0n) is 9.16. The second-order valence-electron chi connectivity index (χ2n) is 3.62. The van der Waals surface area contributed by atoms with Gasteiger partial charge in [-0.1, -0.05) is 17.7 Å². The summed E-state index contributed by atoms with van der Waals surface area (Å²) in [5.74, 6) is -1.06. The lowest BCUT2D eigenvalue weighted by Gasteiger charge is -2.08. The lowest BCUT2D eigenvalue weighted by Crippen LogP contribution is -1.90. The van der Waals surface area contributed by atoms with Crippen LogP contribution < -0.4 is 4.74 Å².